The van der Waals surface area contributed by atoms with Crippen LogP contribution in [0, 0.1) is 6.92 Å². The summed E-state index contributed by atoms with van der Waals surface area (Å²) in [5, 5.41) is 9.63. The average molecular weight is 414 g/mol. The fourth-order valence-electron chi connectivity index (χ4n) is 2.82. The Morgan fingerprint density at radius 2 is 2.11 bits per heavy atom. The molecule has 1 aliphatic heterocycles. The smallest absolute Gasteiger partial charge is 0.249 e. The Morgan fingerprint density at radius 3 is 2.89 bits per heavy atom. The van der Waals surface area contributed by atoms with Gasteiger partial charge in [-0.2, -0.15) is 0 Å². The fourth-order valence-corrected chi connectivity index (χ4v) is 3.91. The van der Waals surface area contributed by atoms with E-state index >= 15 is 0 Å². The second-order valence-corrected chi connectivity index (χ2v) is 7.77. The van der Waals surface area contributed by atoms with E-state index in [9.17, 15) is 9.59 Å². The van der Waals surface area contributed by atoms with Crippen molar-refractivity contribution in [3.8, 4) is 0 Å². The Hall–Kier alpha value is -2.97. The van der Waals surface area contributed by atoms with Gasteiger partial charge in [0.15, 0.2) is 5.13 Å². The molecule has 1 unspecified atom stereocenters. The molecule has 0 fully saturated rings. The fraction of sp³-hybridized carbons (Fsp3) is 0.158. The summed E-state index contributed by atoms with van der Waals surface area (Å²) in [6, 6.07) is 12.1. The van der Waals surface area contributed by atoms with Crippen molar-refractivity contribution in [3.63, 3.8) is 0 Å². The van der Waals surface area contributed by atoms with Crippen LogP contribution in [0.15, 0.2) is 47.5 Å². The molecule has 142 valence electrons. The minimum atomic E-state index is -0.833. The minimum Gasteiger partial charge on any atom is -0.324 e. The molecule has 0 aliphatic carbocycles. The van der Waals surface area contributed by atoms with Crippen molar-refractivity contribution in [2.75, 3.05) is 10.6 Å². The van der Waals surface area contributed by atoms with Gasteiger partial charge in [0.2, 0.25) is 17.8 Å². The highest BCUT2D eigenvalue weighted by atomic mass is 35.5. The zero-order valence-corrected chi connectivity index (χ0v) is 16.4. The third-order valence-electron chi connectivity index (χ3n) is 4.19. The SMILES string of the molecule is Cc1cc(Cl)ccc1NC(=O)C1CC(=O)NC(Nc2nc3ccccc3s2)=N1. The Kier molecular flexibility index (Phi) is 4.97. The topological polar surface area (TPSA) is 95.5 Å². The van der Waals surface area contributed by atoms with Crippen LogP contribution < -0.4 is 16.0 Å². The number of benzene rings is 2. The van der Waals surface area contributed by atoms with Crippen LogP contribution in [0.4, 0.5) is 10.8 Å². The molecule has 28 heavy (non-hydrogen) atoms. The summed E-state index contributed by atoms with van der Waals surface area (Å²) >= 11 is 7.39. The van der Waals surface area contributed by atoms with Gasteiger partial charge in [0, 0.05) is 10.7 Å². The zero-order chi connectivity index (χ0) is 19.7. The number of hydrogen-bond acceptors (Lipinski definition) is 6. The molecule has 4 rings (SSSR count). The van der Waals surface area contributed by atoms with E-state index in [1.165, 1.54) is 11.3 Å². The molecule has 2 heterocycles. The quantitative estimate of drug-likeness (QED) is 0.611. The molecular formula is C19H16ClN5O2S. The maximum atomic E-state index is 12.6. The van der Waals surface area contributed by atoms with Crippen LogP contribution in [-0.4, -0.2) is 28.8 Å². The molecule has 0 radical (unpaired) electrons. The van der Waals surface area contributed by atoms with E-state index in [1.807, 2.05) is 31.2 Å². The molecule has 2 amide bonds. The van der Waals surface area contributed by atoms with Crippen molar-refractivity contribution in [2.24, 2.45) is 4.99 Å². The molecule has 1 aromatic heterocycles. The van der Waals surface area contributed by atoms with Crippen LogP contribution in [0.2, 0.25) is 5.02 Å². The number of aromatic nitrogens is 1. The van der Waals surface area contributed by atoms with Gasteiger partial charge in [0.25, 0.3) is 0 Å². The number of hydrogen-bond donors (Lipinski definition) is 3. The van der Waals surface area contributed by atoms with Gasteiger partial charge in [0.1, 0.15) is 6.04 Å². The standard InChI is InChI=1S/C19H16ClN5O2S/c1-10-8-11(20)6-7-12(10)21-17(27)14-9-16(26)24-18(22-14)25-19-23-13-4-2-3-5-15(13)28-19/h2-8,14H,9H2,1H3,(H,21,27)(H2,22,23,24,25,26). The van der Waals surface area contributed by atoms with E-state index in [0.717, 1.165) is 15.8 Å². The van der Waals surface area contributed by atoms with Gasteiger partial charge in [-0.1, -0.05) is 35.1 Å². The minimum absolute atomic E-state index is 0.0243. The maximum Gasteiger partial charge on any atom is 0.249 e. The summed E-state index contributed by atoms with van der Waals surface area (Å²) in [6.45, 7) is 1.85. The number of amides is 2. The van der Waals surface area contributed by atoms with E-state index in [4.69, 9.17) is 11.6 Å². The van der Waals surface area contributed by atoms with Gasteiger partial charge in [-0.25, -0.2) is 9.98 Å². The predicted molar refractivity (Wildman–Crippen MR) is 112 cm³/mol. The number of carbonyl (C=O) groups excluding carboxylic acids is 2. The number of rotatable bonds is 3. The third kappa shape index (κ3) is 3.97. The number of aryl methyl sites for hydroxylation is 1. The zero-order valence-electron chi connectivity index (χ0n) is 14.8. The van der Waals surface area contributed by atoms with Gasteiger partial charge in [-0.15, -0.1) is 0 Å². The number of para-hydroxylation sites is 1. The van der Waals surface area contributed by atoms with Gasteiger partial charge in [0.05, 0.1) is 16.6 Å². The lowest BCUT2D eigenvalue weighted by Gasteiger charge is -2.20. The second-order valence-electron chi connectivity index (χ2n) is 6.31. The summed E-state index contributed by atoms with van der Waals surface area (Å²) < 4.78 is 1.01. The third-order valence-corrected chi connectivity index (χ3v) is 5.38. The molecular weight excluding hydrogens is 398 g/mol. The average Bonchev–Trinajstić information content (AvgIpc) is 3.05. The van der Waals surface area contributed by atoms with E-state index in [-0.39, 0.29) is 24.2 Å². The number of fused-ring (bicyclic) bond motifs is 1. The van der Waals surface area contributed by atoms with Crippen molar-refractivity contribution >= 4 is 61.7 Å². The first-order valence-electron chi connectivity index (χ1n) is 8.55. The van der Waals surface area contributed by atoms with Crippen LogP contribution in [-0.2, 0) is 9.59 Å². The van der Waals surface area contributed by atoms with Crippen molar-refractivity contribution in [3.05, 3.63) is 53.1 Å². The highest BCUT2D eigenvalue weighted by Crippen LogP contribution is 2.25. The molecule has 1 atom stereocenters. The monoisotopic (exact) mass is 413 g/mol. The Morgan fingerprint density at radius 1 is 1.29 bits per heavy atom. The van der Waals surface area contributed by atoms with Crippen LogP contribution in [0.25, 0.3) is 10.2 Å². The summed E-state index contributed by atoms with van der Waals surface area (Å²) in [6.07, 6.45) is -0.0243. The molecule has 0 saturated carbocycles. The van der Waals surface area contributed by atoms with Crippen LogP contribution in [0.5, 0.6) is 0 Å². The Balaban J connectivity index is 1.52. The van der Waals surface area contributed by atoms with Crippen molar-refractivity contribution < 1.29 is 9.59 Å². The highest BCUT2D eigenvalue weighted by molar-refractivity contribution is 7.22. The number of aliphatic imine (C=N–C) groups is 1. The van der Waals surface area contributed by atoms with Gasteiger partial charge in [-0.05, 0) is 42.8 Å². The highest BCUT2D eigenvalue weighted by Gasteiger charge is 2.27. The molecule has 0 spiro atoms. The molecule has 7 nitrogen and oxygen atoms in total. The van der Waals surface area contributed by atoms with E-state index in [1.54, 1.807) is 18.2 Å². The van der Waals surface area contributed by atoms with Crippen molar-refractivity contribution in [1.82, 2.24) is 10.3 Å². The molecule has 9 heteroatoms. The normalized spacial score (nSPS) is 16.4. The number of guanidine groups is 1. The van der Waals surface area contributed by atoms with Crippen LogP contribution in [0.1, 0.15) is 12.0 Å². The van der Waals surface area contributed by atoms with E-state index in [2.05, 4.69) is 25.9 Å². The molecule has 2 aromatic carbocycles. The van der Waals surface area contributed by atoms with Crippen LogP contribution >= 0.6 is 22.9 Å². The first kappa shape index (κ1) is 18.4. The maximum absolute atomic E-state index is 12.6. The lowest BCUT2D eigenvalue weighted by atomic mass is 10.1. The molecule has 0 saturated heterocycles. The lowest BCUT2D eigenvalue weighted by molar-refractivity contribution is -0.124. The summed E-state index contributed by atoms with van der Waals surface area (Å²) in [5.41, 5.74) is 2.32. The molecule has 0 bridgehead atoms. The molecule has 3 aromatic rings. The predicted octanol–water partition coefficient (Wildman–Crippen LogP) is 3.55. The second kappa shape index (κ2) is 7.57. The first-order valence-corrected chi connectivity index (χ1v) is 9.74. The number of anilines is 2. The number of thiazole rings is 1. The number of carbonyl (C=O) groups is 2. The largest absolute Gasteiger partial charge is 0.324 e. The molecule has 3 N–H and O–H groups in total. The Labute approximate surface area is 169 Å². The van der Waals surface area contributed by atoms with Gasteiger partial charge in [-0.3, -0.25) is 14.9 Å². The number of nitrogens with zero attached hydrogens (tertiary/aromatic N) is 2. The van der Waals surface area contributed by atoms with Crippen molar-refractivity contribution in [2.45, 2.75) is 19.4 Å². The number of nitrogens with one attached hydrogen (secondary N) is 3. The molecule has 1 aliphatic rings. The summed E-state index contributed by atoms with van der Waals surface area (Å²) in [4.78, 5) is 33.5. The lowest BCUT2D eigenvalue weighted by Crippen LogP contribution is -2.45. The van der Waals surface area contributed by atoms with Gasteiger partial charge >= 0.3 is 0 Å². The Bertz CT molecular complexity index is 1080. The first-order chi connectivity index (χ1) is 13.5. The number of halogens is 1. The van der Waals surface area contributed by atoms with E-state index in [0.29, 0.717) is 15.8 Å². The van der Waals surface area contributed by atoms with Crippen molar-refractivity contribution in [1.29, 1.82) is 0 Å². The summed E-state index contributed by atoms with van der Waals surface area (Å²) in [5.74, 6) is -0.432. The van der Waals surface area contributed by atoms with Crippen LogP contribution in [0.3, 0.4) is 0 Å². The van der Waals surface area contributed by atoms with Gasteiger partial charge < -0.3 is 10.6 Å². The summed E-state index contributed by atoms with van der Waals surface area (Å²) in [7, 11) is 0. The van der Waals surface area contributed by atoms with E-state index < -0.39 is 6.04 Å².